The molecule has 18 heavy (non-hydrogen) atoms. The highest BCUT2D eigenvalue weighted by atomic mass is 79.9. The lowest BCUT2D eigenvalue weighted by Crippen LogP contribution is -2.21. The Balaban J connectivity index is 1.98. The van der Waals surface area contributed by atoms with E-state index in [1.165, 1.54) is 0 Å². The fourth-order valence-electron chi connectivity index (χ4n) is 2.06. The number of nitrogens with one attached hydrogen (secondary N) is 2. The SMILES string of the molecule is CCNc1ncnc(NCC2CCOC2C)c1Br. The van der Waals surface area contributed by atoms with E-state index in [1.54, 1.807) is 6.33 Å². The van der Waals surface area contributed by atoms with E-state index >= 15 is 0 Å². The number of rotatable bonds is 5. The van der Waals surface area contributed by atoms with Gasteiger partial charge in [0.25, 0.3) is 0 Å². The molecule has 2 unspecified atom stereocenters. The number of hydrogen-bond donors (Lipinski definition) is 2. The first-order valence-corrected chi connectivity index (χ1v) is 7.11. The van der Waals surface area contributed by atoms with Crippen LogP contribution in [-0.2, 0) is 4.74 Å². The van der Waals surface area contributed by atoms with Crippen LogP contribution in [-0.4, -0.2) is 35.8 Å². The molecule has 0 aliphatic carbocycles. The van der Waals surface area contributed by atoms with E-state index in [0.717, 1.165) is 42.2 Å². The van der Waals surface area contributed by atoms with E-state index < -0.39 is 0 Å². The van der Waals surface area contributed by atoms with Crippen molar-refractivity contribution in [3.63, 3.8) is 0 Å². The van der Waals surface area contributed by atoms with E-state index in [1.807, 2.05) is 6.92 Å². The van der Waals surface area contributed by atoms with E-state index in [0.29, 0.717) is 12.0 Å². The molecule has 0 aromatic carbocycles. The van der Waals surface area contributed by atoms with Crippen LogP contribution >= 0.6 is 15.9 Å². The van der Waals surface area contributed by atoms with Gasteiger partial charge in [-0.1, -0.05) is 0 Å². The fraction of sp³-hybridized carbons (Fsp3) is 0.667. The van der Waals surface area contributed by atoms with Gasteiger partial charge in [-0.2, -0.15) is 0 Å². The Kier molecular flexibility index (Phi) is 4.77. The Morgan fingerprint density at radius 2 is 2.11 bits per heavy atom. The minimum absolute atomic E-state index is 0.325. The predicted molar refractivity (Wildman–Crippen MR) is 75.9 cm³/mol. The highest BCUT2D eigenvalue weighted by Gasteiger charge is 2.24. The van der Waals surface area contributed by atoms with Gasteiger partial charge in [-0.3, -0.25) is 0 Å². The summed E-state index contributed by atoms with van der Waals surface area (Å²) in [5, 5.41) is 6.56. The van der Waals surface area contributed by atoms with Gasteiger partial charge in [0, 0.05) is 25.6 Å². The quantitative estimate of drug-likeness (QED) is 0.874. The molecule has 0 radical (unpaired) electrons. The fourth-order valence-corrected chi connectivity index (χ4v) is 2.54. The number of hydrogen-bond acceptors (Lipinski definition) is 5. The van der Waals surface area contributed by atoms with Crippen LogP contribution < -0.4 is 10.6 Å². The van der Waals surface area contributed by atoms with Crippen molar-refractivity contribution in [1.29, 1.82) is 0 Å². The average molecular weight is 315 g/mol. The third kappa shape index (κ3) is 3.11. The maximum absolute atomic E-state index is 5.55. The Hall–Kier alpha value is -0.880. The molecule has 1 aromatic rings. The maximum Gasteiger partial charge on any atom is 0.145 e. The van der Waals surface area contributed by atoms with Crippen LogP contribution in [0.2, 0.25) is 0 Å². The van der Waals surface area contributed by atoms with Gasteiger partial charge in [0.05, 0.1) is 6.10 Å². The summed E-state index contributed by atoms with van der Waals surface area (Å²) in [4.78, 5) is 8.45. The summed E-state index contributed by atoms with van der Waals surface area (Å²) in [6.45, 7) is 6.74. The van der Waals surface area contributed by atoms with Crippen LogP contribution in [0.25, 0.3) is 0 Å². The molecule has 0 bridgehead atoms. The molecule has 0 spiro atoms. The molecule has 6 heteroatoms. The molecule has 1 aliphatic heterocycles. The number of nitrogens with zero attached hydrogens (tertiary/aromatic N) is 2. The summed E-state index contributed by atoms with van der Waals surface area (Å²) in [6.07, 6.45) is 3.00. The van der Waals surface area contributed by atoms with Gasteiger partial charge >= 0.3 is 0 Å². The van der Waals surface area contributed by atoms with E-state index in [4.69, 9.17) is 4.74 Å². The Bertz CT molecular complexity index is 402. The third-order valence-corrected chi connectivity index (χ3v) is 3.95. The van der Waals surface area contributed by atoms with E-state index in [9.17, 15) is 0 Å². The van der Waals surface area contributed by atoms with Crippen LogP contribution in [0.1, 0.15) is 20.3 Å². The molecule has 1 aliphatic rings. The standard InChI is InChI=1S/C12H19BrN4O/c1-3-14-11-10(13)12(17-7-16-11)15-6-9-4-5-18-8(9)2/h7-9H,3-6H2,1-2H3,(H2,14,15,16,17). The van der Waals surface area contributed by atoms with E-state index in [2.05, 4.69) is 43.5 Å². The number of ether oxygens (including phenoxy) is 1. The van der Waals surface area contributed by atoms with Gasteiger partial charge in [0.2, 0.25) is 0 Å². The number of aromatic nitrogens is 2. The molecule has 5 nitrogen and oxygen atoms in total. The van der Waals surface area contributed by atoms with Gasteiger partial charge in [0.1, 0.15) is 22.4 Å². The molecule has 1 aromatic heterocycles. The molecule has 100 valence electrons. The molecule has 1 fully saturated rings. The molecule has 2 atom stereocenters. The third-order valence-electron chi connectivity index (χ3n) is 3.20. The van der Waals surface area contributed by atoms with Gasteiger partial charge in [-0.25, -0.2) is 9.97 Å². The van der Waals surface area contributed by atoms with E-state index in [-0.39, 0.29) is 0 Å². The first kappa shape index (κ1) is 13.5. The van der Waals surface area contributed by atoms with Crippen molar-refractivity contribution in [2.75, 3.05) is 30.3 Å². The van der Waals surface area contributed by atoms with Crippen molar-refractivity contribution in [2.45, 2.75) is 26.4 Å². The molecular weight excluding hydrogens is 296 g/mol. The molecule has 0 saturated carbocycles. The summed E-state index contributed by atoms with van der Waals surface area (Å²) < 4.78 is 6.44. The lowest BCUT2D eigenvalue weighted by atomic mass is 10.0. The second kappa shape index (κ2) is 6.33. The van der Waals surface area contributed by atoms with Crippen LogP contribution in [0.5, 0.6) is 0 Å². The molecule has 2 heterocycles. The van der Waals surface area contributed by atoms with Crippen molar-refractivity contribution in [2.24, 2.45) is 5.92 Å². The summed E-state index contributed by atoms with van der Waals surface area (Å²) >= 11 is 3.53. The summed E-state index contributed by atoms with van der Waals surface area (Å²) in [5.74, 6) is 2.21. The molecule has 1 saturated heterocycles. The second-order valence-corrected chi connectivity index (χ2v) is 5.21. The molecular formula is C12H19BrN4O. The number of anilines is 2. The Labute approximate surface area is 116 Å². The van der Waals surface area contributed by atoms with Gasteiger partial charge in [0.15, 0.2) is 0 Å². The predicted octanol–water partition coefficient (Wildman–Crippen LogP) is 2.51. The van der Waals surface area contributed by atoms with Crippen LogP contribution in [0.4, 0.5) is 11.6 Å². The highest BCUT2D eigenvalue weighted by Crippen LogP contribution is 2.27. The topological polar surface area (TPSA) is 59.1 Å². The van der Waals surface area contributed by atoms with Crippen molar-refractivity contribution in [1.82, 2.24) is 9.97 Å². The zero-order valence-corrected chi connectivity index (χ0v) is 12.3. The van der Waals surface area contributed by atoms with Crippen LogP contribution in [0.15, 0.2) is 10.8 Å². The van der Waals surface area contributed by atoms with Crippen molar-refractivity contribution in [3.8, 4) is 0 Å². The van der Waals surface area contributed by atoms with Crippen molar-refractivity contribution in [3.05, 3.63) is 10.8 Å². The Morgan fingerprint density at radius 3 is 2.72 bits per heavy atom. The first-order valence-electron chi connectivity index (χ1n) is 6.32. The highest BCUT2D eigenvalue weighted by molar-refractivity contribution is 9.10. The largest absolute Gasteiger partial charge is 0.378 e. The Morgan fingerprint density at radius 1 is 1.39 bits per heavy atom. The molecule has 2 N–H and O–H groups in total. The van der Waals surface area contributed by atoms with Gasteiger partial charge in [-0.15, -0.1) is 0 Å². The summed E-state index contributed by atoms with van der Waals surface area (Å²) in [7, 11) is 0. The molecule has 2 rings (SSSR count). The monoisotopic (exact) mass is 314 g/mol. The minimum atomic E-state index is 0.325. The van der Waals surface area contributed by atoms with Crippen LogP contribution in [0.3, 0.4) is 0 Å². The maximum atomic E-state index is 5.55. The lowest BCUT2D eigenvalue weighted by Gasteiger charge is -2.16. The second-order valence-electron chi connectivity index (χ2n) is 4.42. The van der Waals surface area contributed by atoms with Crippen LogP contribution in [0, 0.1) is 5.92 Å². The van der Waals surface area contributed by atoms with Gasteiger partial charge < -0.3 is 15.4 Å². The van der Waals surface area contributed by atoms with Crippen molar-refractivity contribution < 1.29 is 4.74 Å². The average Bonchev–Trinajstić information content (AvgIpc) is 2.76. The zero-order chi connectivity index (χ0) is 13.0. The lowest BCUT2D eigenvalue weighted by molar-refractivity contribution is 0.108. The summed E-state index contributed by atoms with van der Waals surface area (Å²) in [6, 6.07) is 0. The summed E-state index contributed by atoms with van der Waals surface area (Å²) in [5.41, 5.74) is 0. The minimum Gasteiger partial charge on any atom is -0.378 e. The normalized spacial score (nSPS) is 23.1. The number of halogens is 1. The molecule has 0 amide bonds. The smallest absolute Gasteiger partial charge is 0.145 e. The first-order chi connectivity index (χ1) is 8.72. The van der Waals surface area contributed by atoms with Crippen molar-refractivity contribution >= 4 is 27.6 Å². The zero-order valence-electron chi connectivity index (χ0n) is 10.7. The van der Waals surface area contributed by atoms with Gasteiger partial charge in [-0.05, 0) is 36.2 Å².